The van der Waals surface area contributed by atoms with Gasteiger partial charge in [0.1, 0.15) is 5.75 Å². The maximum atomic E-state index is 11.8. The van der Waals surface area contributed by atoms with E-state index in [1.54, 1.807) is 19.5 Å². The lowest BCUT2D eigenvalue weighted by Crippen LogP contribution is -2.22. The molecule has 4 heteroatoms. The second-order valence-corrected chi connectivity index (χ2v) is 4.94. The molecule has 1 heterocycles. The summed E-state index contributed by atoms with van der Waals surface area (Å²) in [5.74, 6) is 0.932. The van der Waals surface area contributed by atoms with Crippen molar-refractivity contribution in [2.75, 3.05) is 7.11 Å². The van der Waals surface area contributed by atoms with Gasteiger partial charge < -0.3 is 10.1 Å². The maximum absolute atomic E-state index is 11.8. The van der Waals surface area contributed by atoms with Crippen LogP contribution in [0.3, 0.4) is 0 Å². The van der Waals surface area contributed by atoms with Crippen molar-refractivity contribution in [2.24, 2.45) is 0 Å². The van der Waals surface area contributed by atoms with E-state index in [0.29, 0.717) is 13.0 Å². The van der Waals surface area contributed by atoms with E-state index in [2.05, 4.69) is 16.4 Å². The van der Waals surface area contributed by atoms with Gasteiger partial charge in [-0.05, 0) is 48.2 Å². The third kappa shape index (κ3) is 4.60. The molecule has 0 unspecified atom stereocenters. The number of carbonyl (C=O) groups is 1. The number of hydrogen-bond acceptors (Lipinski definition) is 3. The fraction of sp³-hybridized carbons (Fsp3) is 0.294. The summed E-state index contributed by atoms with van der Waals surface area (Å²) in [6, 6.07) is 9.80. The smallest absolute Gasteiger partial charge is 0.220 e. The Labute approximate surface area is 125 Å². The van der Waals surface area contributed by atoms with E-state index in [4.69, 9.17) is 4.74 Å². The highest BCUT2D eigenvalue weighted by Gasteiger charge is 2.04. The van der Waals surface area contributed by atoms with Crippen LogP contribution >= 0.6 is 0 Å². The predicted octanol–water partition coefficient (Wildman–Crippen LogP) is 2.65. The topological polar surface area (TPSA) is 51.2 Å². The van der Waals surface area contributed by atoms with Crippen molar-refractivity contribution in [3.8, 4) is 5.75 Å². The van der Waals surface area contributed by atoms with Crippen LogP contribution in [0.15, 0.2) is 42.7 Å². The van der Waals surface area contributed by atoms with E-state index in [-0.39, 0.29) is 5.91 Å². The van der Waals surface area contributed by atoms with Gasteiger partial charge in [0.2, 0.25) is 5.91 Å². The molecule has 0 bridgehead atoms. The van der Waals surface area contributed by atoms with Gasteiger partial charge in [-0.15, -0.1) is 0 Å². The molecule has 1 N–H and O–H groups in total. The van der Waals surface area contributed by atoms with Crippen molar-refractivity contribution in [1.29, 1.82) is 0 Å². The van der Waals surface area contributed by atoms with Crippen LogP contribution in [-0.2, 0) is 17.8 Å². The van der Waals surface area contributed by atoms with Crippen LogP contribution in [0.4, 0.5) is 0 Å². The van der Waals surface area contributed by atoms with E-state index in [0.717, 1.165) is 28.9 Å². The SMILES string of the molecule is COc1ccc(CCC(=O)NCc2ccncc2)cc1C. The minimum atomic E-state index is 0.0558. The first kappa shape index (κ1) is 15.0. The average Bonchev–Trinajstić information content (AvgIpc) is 2.52. The first-order valence-corrected chi connectivity index (χ1v) is 6.98. The highest BCUT2D eigenvalue weighted by atomic mass is 16.5. The molecule has 0 aliphatic carbocycles. The molecule has 4 nitrogen and oxygen atoms in total. The summed E-state index contributed by atoms with van der Waals surface area (Å²) in [7, 11) is 1.66. The quantitative estimate of drug-likeness (QED) is 0.887. The Bertz CT molecular complexity index is 597. The molecule has 21 heavy (non-hydrogen) atoms. The van der Waals surface area contributed by atoms with Gasteiger partial charge in [0, 0.05) is 25.4 Å². The van der Waals surface area contributed by atoms with Crippen molar-refractivity contribution in [3.05, 3.63) is 59.4 Å². The molecule has 0 saturated carbocycles. The van der Waals surface area contributed by atoms with E-state index in [1.807, 2.05) is 31.2 Å². The Morgan fingerprint density at radius 2 is 1.95 bits per heavy atom. The van der Waals surface area contributed by atoms with Gasteiger partial charge in [-0.2, -0.15) is 0 Å². The molecule has 1 aromatic heterocycles. The number of nitrogens with zero attached hydrogens (tertiary/aromatic N) is 1. The third-order valence-electron chi connectivity index (χ3n) is 3.34. The highest BCUT2D eigenvalue weighted by molar-refractivity contribution is 5.76. The molecular weight excluding hydrogens is 264 g/mol. The molecule has 0 saturated heterocycles. The zero-order valence-corrected chi connectivity index (χ0v) is 12.4. The summed E-state index contributed by atoms with van der Waals surface area (Å²) >= 11 is 0. The van der Waals surface area contributed by atoms with Gasteiger partial charge in [0.15, 0.2) is 0 Å². The number of aromatic nitrogens is 1. The Hall–Kier alpha value is -2.36. The molecule has 0 radical (unpaired) electrons. The minimum Gasteiger partial charge on any atom is -0.496 e. The summed E-state index contributed by atoms with van der Waals surface area (Å²) < 4.78 is 5.23. The standard InChI is InChI=1S/C17H20N2O2/c1-13-11-14(3-5-16(13)21-2)4-6-17(20)19-12-15-7-9-18-10-8-15/h3,5,7-11H,4,6,12H2,1-2H3,(H,19,20). The molecule has 110 valence electrons. The Morgan fingerprint density at radius 1 is 1.19 bits per heavy atom. The number of hydrogen-bond donors (Lipinski definition) is 1. The van der Waals surface area contributed by atoms with E-state index >= 15 is 0 Å². The minimum absolute atomic E-state index is 0.0558. The van der Waals surface area contributed by atoms with Crippen LogP contribution in [0, 0.1) is 6.92 Å². The van der Waals surface area contributed by atoms with Gasteiger partial charge in [-0.1, -0.05) is 12.1 Å². The normalized spacial score (nSPS) is 10.2. The van der Waals surface area contributed by atoms with Crippen LogP contribution in [0.1, 0.15) is 23.1 Å². The summed E-state index contributed by atoms with van der Waals surface area (Å²) in [5.41, 5.74) is 3.29. The predicted molar refractivity (Wildman–Crippen MR) is 82.1 cm³/mol. The zero-order chi connectivity index (χ0) is 15.1. The lowest BCUT2D eigenvalue weighted by molar-refractivity contribution is -0.121. The number of aryl methyl sites for hydroxylation is 2. The van der Waals surface area contributed by atoms with Gasteiger partial charge in [0.05, 0.1) is 7.11 Å². The lowest BCUT2D eigenvalue weighted by Gasteiger charge is -2.08. The third-order valence-corrected chi connectivity index (χ3v) is 3.34. The Morgan fingerprint density at radius 3 is 2.62 bits per heavy atom. The fourth-order valence-electron chi connectivity index (χ4n) is 2.14. The summed E-state index contributed by atoms with van der Waals surface area (Å²) in [4.78, 5) is 15.8. The summed E-state index contributed by atoms with van der Waals surface area (Å²) in [6.45, 7) is 2.55. The van der Waals surface area contributed by atoms with Crippen LogP contribution < -0.4 is 10.1 Å². The number of carbonyl (C=O) groups excluding carboxylic acids is 1. The fourth-order valence-corrected chi connectivity index (χ4v) is 2.14. The first-order valence-electron chi connectivity index (χ1n) is 6.98. The van der Waals surface area contributed by atoms with Crippen LogP contribution in [-0.4, -0.2) is 18.0 Å². The molecule has 1 amide bonds. The first-order chi connectivity index (χ1) is 10.2. The monoisotopic (exact) mass is 284 g/mol. The number of methoxy groups -OCH3 is 1. The van der Waals surface area contributed by atoms with Gasteiger partial charge >= 0.3 is 0 Å². The number of amides is 1. The van der Waals surface area contributed by atoms with Crippen LogP contribution in [0.5, 0.6) is 5.75 Å². The van der Waals surface area contributed by atoms with Gasteiger partial charge in [0.25, 0.3) is 0 Å². The van der Waals surface area contributed by atoms with E-state index in [1.165, 1.54) is 0 Å². The number of pyridine rings is 1. The van der Waals surface area contributed by atoms with Crippen molar-refractivity contribution in [1.82, 2.24) is 10.3 Å². The molecule has 0 atom stereocenters. The molecule has 0 aliphatic heterocycles. The Kier molecular flexibility index (Phi) is 5.32. The molecule has 1 aromatic carbocycles. The number of benzene rings is 1. The number of nitrogens with one attached hydrogen (secondary N) is 1. The maximum Gasteiger partial charge on any atom is 0.220 e. The lowest BCUT2D eigenvalue weighted by atomic mass is 10.1. The highest BCUT2D eigenvalue weighted by Crippen LogP contribution is 2.19. The van der Waals surface area contributed by atoms with Crippen molar-refractivity contribution in [3.63, 3.8) is 0 Å². The van der Waals surface area contributed by atoms with E-state index < -0.39 is 0 Å². The zero-order valence-electron chi connectivity index (χ0n) is 12.4. The van der Waals surface area contributed by atoms with E-state index in [9.17, 15) is 4.79 Å². The molecular formula is C17H20N2O2. The Balaban J connectivity index is 1.80. The van der Waals surface area contributed by atoms with Gasteiger partial charge in [-0.3, -0.25) is 9.78 Å². The van der Waals surface area contributed by atoms with Crippen LogP contribution in [0.2, 0.25) is 0 Å². The molecule has 0 spiro atoms. The van der Waals surface area contributed by atoms with Crippen LogP contribution in [0.25, 0.3) is 0 Å². The summed E-state index contributed by atoms with van der Waals surface area (Å²) in [5, 5.41) is 2.91. The van der Waals surface area contributed by atoms with Crippen molar-refractivity contribution < 1.29 is 9.53 Å². The molecule has 0 fully saturated rings. The van der Waals surface area contributed by atoms with Gasteiger partial charge in [-0.25, -0.2) is 0 Å². The van der Waals surface area contributed by atoms with Crippen molar-refractivity contribution in [2.45, 2.75) is 26.3 Å². The second-order valence-electron chi connectivity index (χ2n) is 4.94. The van der Waals surface area contributed by atoms with Crippen molar-refractivity contribution >= 4 is 5.91 Å². The molecule has 0 aliphatic rings. The molecule has 2 rings (SSSR count). The summed E-state index contributed by atoms with van der Waals surface area (Å²) in [6.07, 6.45) is 4.66. The molecule has 2 aromatic rings. The number of ether oxygens (including phenoxy) is 1. The average molecular weight is 284 g/mol. The second kappa shape index (κ2) is 7.43. The largest absolute Gasteiger partial charge is 0.496 e. The number of rotatable bonds is 6.